The predicted molar refractivity (Wildman–Crippen MR) is 81.1 cm³/mol. The fourth-order valence-corrected chi connectivity index (χ4v) is 2.07. The van der Waals surface area contributed by atoms with E-state index < -0.39 is 17.4 Å². The molecule has 2 rings (SSSR count). The lowest BCUT2D eigenvalue weighted by Gasteiger charge is -2.08. The van der Waals surface area contributed by atoms with Crippen LogP contribution in [0.2, 0.25) is 0 Å². The standard InChI is InChI=1S/C13H9IN2O4/c14-8-1-2-10(9(6-8)13(19)20)16-12(18)7-3-4-15-11(17)5-7/h1-6H,(H,15,17)(H,16,18)(H,19,20). The van der Waals surface area contributed by atoms with E-state index in [-0.39, 0.29) is 16.8 Å². The molecule has 20 heavy (non-hydrogen) atoms. The number of hydrogen-bond donors (Lipinski definition) is 3. The molecule has 0 bridgehead atoms. The van der Waals surface area contributed by atoms with Gasteiger partial charge in [-0.3, -0.25) is 9.59 Å². The van der Waals surface area contributed by atoms with Crippen molar-refractivity contribution >= 4 is 40.2 Å². The number of aromatic carboxylic acids is 1. The average molecular weight is 384 g/mol. The largest absolute Gasteiger partial charge is 0.478 e. The number of carboxylic acid groups (broad SMARTS) is 1. The van der Waals surface area contributed by atoms with E-state index in [4.69, 9.17) is 5.11 Å². The first-order valence-corrected chi connectivity index (χ1v) is 6.58. The van der Waals surface area contributed by atoms with Gasteiger partial charge in [-0.05, 0) is 46.9 Å². The Morgan fingerprint density at radius 2 is 1.95 bits per heavy atom. The Kier molecular flexibility index (Phi) is 4.18. The molecule has 1 amide bonds. The number of aromatic amines is 1. The minimum absolute atomic E-state index is 0.00455. The number of pyridine rings is 1. The fourth-order valence-electron chi connectivity index (χ4n) is 1.58. The van der Waals surface area contributed by atoms with E-state index in [1.807, 2.05) is 22.6 Å². The number of benzene rings is 1. The van der Waals surface area contributed by atoms with Crippen LogP contribution in [0.4, 0.5) is 5.69 Å². The second kappa shape index (κ2) is 5.87. The first-order chi connectivity index (χ1) is 9.47. The highest BCUT2D eigenvalue weighted by Gasteiger charge is 2.14. The monoisotopic (exact) mass is 384 g/mol. The zero-order valence-corrected chi connectivity index (χ0v) is 12.2. The van der Waals surface area contributed by atoms with Crippen molar-refractivity contribution < 1.29 is 14.7 Å². The number of aromatic nitrogens is 1. The molecule has 2 aromatic rings. The quantitative estimate of drug-likeness (QED) is 0.705. The molecule has 0 saturated heterocycles. The normalized spacial score (nSPS) is 10.1. The lowest BCUT2D eigenvalue weighted by molar-refractivity contribution is 0.0698. The van der Waals surface area contributed by atoms with Crippen molar-refractivity contribution in [2.45, 2.75) is 0 Å². The van der Waals surface area contributed by atoms with E-state index in [0.717, 1.165) is 9.64 Å². The summed E-state index contributed by atoms with van der Waals surface area (Å²) in [6.45, 7) is 0. The SMILES string of the molecule is O=C(Nc1ccc(I)cc1C(=O)O)c1cc[nH]c(=O)c1. The highest BCUT2D eigenvalue weighted by molar-refractivity contribution is 14.1. The Morgan fingerprint density at radius 1 is 1.20 bits per heavy atom. The Balaban J connectivity index is 2.33. The lowest BCUT2D eigenvalue weighted by atomic mass is 10.1. The first-order valence-electron chi connectivity index (χ1n) is 5.50. The van der Waals surface area contributed by atoms with Crippen LogP contribution >= 0.6 is 22.6 Å². The molecule has 0 fully saturated rings. The van der Waals surface area contributed by atoms with Gasteiger partial charge in [-0.1, -0.05) is 0 Å². The van der Waals surface area contributed by atoms with Gasteiger partial charge < -0.3 is 15.4 Å². The predicted octanol–water partition coefficient (Wildman–Crippen LogP) is 1.93. The van der Waals surface area contributed by atoms with Crippen molar-refractivity contribution in [2.75, 3.05) is 5.32 Å². The molecule has 1 aromatic carbocycles. The number of hydrogen-bond acceptors (Lipinski definition) is 3. The van der Waals surface area contributed by atoms with Gasteiger partial charge in [0.15, 0.2) is 0 Å². The molecule has 0 saturated carbocycles. The number of amides is 1. The number of carbonyl (C=O) groups excluding carboxylic acids is 1. The maximum absolute atomic E-state index is 12.0. The summed E-state index contributed by atoms with van der Waals surface area (Å²) in [7, 11) is 0. The molecule has 0 radical (unpaired) electrons. The van der Waals surface area contributed by atoms with Gasteiger partial charge in [-0.15, -0.1) is 0 Å². The summed E-state index contributed by atoms with van der Waals surface area (Å²) >= 11 is 1.98. The summed E-state index contributed by atoms with van der Waals surface area (Å²) < 4.78 is 0.745. The Labute approximate surface area is 127 Å². The van der Waals surface area contributed by atoms with Crippen LogP contribution in [0, 0.1) is 3.57 Å². The minimum atomic E-state index is -1.13. The zero-order chi connectivity index (χ0) is 14.7. The van der Waals surface area contributed by atoms with Crippen LogP contribution in [0.3, 0.4) is 0 Å². The maximum Gasteiger partial charge on any atom is 0.337 e. The summed E-state index contributed by atoms with van der Waals surface area (Å²) in [4.78, 5) is 36.6. The second-order valence-electron chi connectivity index (χ2n) is 3.89. The molecule has 0 aliphatic rings. The van der Waals surface area contributed by atoms with Gasteiger partial charge in [0.1, 0.15) is 0 Å². The van der Waals surface area contributed by atoms with E-state index in [2.05, 4.69) is 10.3 Å². The number of rotatable bonds is 3. The van der Waals surface area contributed by atoms with Gasteiger partial charge >= 0.3 is 5.97 Å². The number of nitrogens with one attached hydrogen (secondary N) is 2. The van der Waals surface area contributed by atoms with Crippen LogP contribution < -0.4 is 10.9 Å². The highest BCUT2D eigenvalue weighted by atomic mass is 127. The van der Waals surface area contributed by atoms with Gasteiger partial charge in [0.25, 0.3) is 5.91 Å². The number of anilines is 1. The van der Waals surface area contributed by atoms with Crippen LogP contribution in [0.5, 0.6) is 0 Å². The molecule has 0 aliphatic carbocycles. The lowest BCUT2D eigenvalue weighted by Crippen LogP contribution is -2.17. The molecule has 0 unspecified atom stereocenters. The Morgan fingerprint density at radius 3 is 2.60 bits per heavy atom. The summed E-state index contributed by atoms with van der Waals surface area (Å²) in [6.07, 6.45) is 1.35. The highest BCUT2D eigenvalue weighted by Crippen LogP contribution is 2.19. The average Bonchev–Trinajstić information content (AvgIpc) is 2.40. The van der Waals surface area contributed by atoms with E-state index in [9.17, 15) is 14.4 Å². The minimum Gasteiger partial charge on any atom is -0.478 e. The molecule has 1 aromatic heterocycles. The Bertz CT molecular complexity index is 739. The van der Waals surface area contributed by atoms with Crippen LogP contribution in [0.25, 0.3) is 0 Å². The van der Waals surface area contributed by atoms with Crippen molar-refractivity contribution in [1.29, 1.82) is 0 Å². The van der Waals surface area contributed by atoms with Crippen molar-refractivity contribution in [3.05, 3.63) is 61.6 Å². The third-order valence-electron chi connectivity index (χ3n) is 2.50. The molecule has 102 valence electrons. The summed E-state index contributed by atoms with van der Waals surface area (Å²) in [5.41, 5.74) is -0.0688. The van der Waals surface area contributed by atoms with Gasteiger partial charge in [0.05, 0.1) is 11.3 Å². The van der Waals surface area contributed by atoms with Gasteiger partial charge in [0.2, 0.25) is 5.56 Å². The van der Waals surface area contributed by atoms with Crippen molar-refractivity contribution in [3.63, 3.8) is 0 Å². The molecule has 7 heteroatoms. The van der Waals surface area contributed by atoms with E-state index >= 15 is 0 Å². The van der Waals surface area contributed by atoms with Crippen molar-refractivity contribution in [2.24, 2.45) is 0 Å². The van der Waals surface area contributed by atoms with Crippen LogP contribution in [-0.4, -0.2) is 22.0 Å². The van der Waals surface area contributed by atoms with Crippen LogP contribution in [-0.2, 0) is 0 Å². The van der Waals surface area contributed by atoms with Gasteiger partial charge in [-0.2, -0.15) is 0 Å². The molecule has 0 atom stereocenters. The smallest absolute Gasteiger partial charge is 0.337 e. The van der Waals surface area contributed by atoms with Crippen molar-refractivity contribution in [3.8, 4) is 0 Å². The summed E-state index contributed by atoms with van der Waals surface area (Å²) in [6, 6.07) is 7.22. The van der Waals surface area contributed by atoms with Crippen LogP contribution in [0.1, 0.15) is 20.7 Å². The number of halogens is 1. The third-order valence-corrected chi connectivity index (χ3v) is 3.17. The molecular formula is C13H9IN2O4. The van der Waals surface area contributed by atoms with Crippen LogP contribution in [0.15, 0.2) is 41.3 Å². The molecule has 0 spiro atoms. The summed E-state index contributed by atoms with van der Waals surface area (Å²) in [5.74, 6) is -1.68. The molecule has 0 aliphatic heterocycles. The number of H-pyrrole nitrogens is 1. The van der Waals surface area contributed by atoms with E-state index in [0.29, 0.717) is 0 Å². The molecule has 3 N–H and O–H groups in total. The zero-order valence-electron chi connectivity index (χ0n) is 10.0. The van der Waals surface area contributed by atoms with Gasteiger partial charge in [-0.25, -0.2) is 4.79 Å². The molecular weight excluding hydrogens is 375 g/mol. The third kappa shape index (κ3) is 3.23. The maximum atomic E-state index is 12.0. The van der Waals surface area contributed by atoms with E-state index in [1.54, 1.807) is 6.07 Å². The van der Waals surface area contributed by atoms with Crippen molar-refractivity contribution in [1.82, 2.24) is 4.98 Å². The first kappa shape index (κ1) is 14.3. The number of carbonyl (C=O) groups is 2. The number of carboxylic acids is 1. The van der Waals surface area contributed by atoms with Gasteiger partial charge in [0, 0.05) is 21.4 Å². The summed E-state index contributed by atoms with van der Waals surface area (Å²) in [5, 5.41) is 11.6. The fraction of sp³-hybridized carbons (Fsp3) is 0. The Hall–Kier alpha value is -2.16. The van der Waals surface area contributed by atoms with E-state index in [1.165, 1.54) is 24.4 Å². The topological polar surface area (TPSA) is 99.3 Å². The molecule has 6 nitrogen and oxygen atoms in total. The second-order valence-corrected chi connectivity index (χ2v) is 5.14. The molecule has 1 heterocycles.